The van der Waals surface area contributed by atoms with Gasteiger partial charge in [-0.05, 0) is 51.5 Å². The van der Waals surface area contributed by atoms with Crippen molar-refractivity contribution in [1.82, 2.24) is 34.4 Å². The number of nitrogens with zero attached hydrogens (tertiary/aromatic N) is 8. The Kier molecular flexibility index (Phi) is 5.39. The fourth-order valence-electron chi connectivity index (χ4n) is 4.81. The van der Waals surface area contributed by atoms with E-state index in [2.05, 4.69) is 30.2 Å². The number of rotatable bonds is 4. The van der Waals surface area contributed by atoms with E-state index in [0.717, 1.165) is 17.9 Å². The van der Waals surface area contributed by atoms with Crippen LogP contribution in [-0.2, 0) is 4.74 Å². The topological polar surface area (TPSA) is 114 Å². The summed E-state index contributed by atoms with van der Waals surface area (Å²) in [6, 6.07) is 6.97. The van der Waals surface area contributed by atoms with Crippen LogP contribution in [0, 0.1) is 5.82 Å². The van der Waals surface area contributed by atoms with Crippen LogP contribution in [-0.4, -0.2) is 71.3 Å². The lowest BCUT2D eigenvalue weighted by Crippen LogP contribution is -2.50. The number of ether oxygens (including phenoxy) is 1. The summed E-state index contributed by atoms with van der Waals surface area (Å²) in [5.41, 5.74) is 1.61. The van der Waals surface area contributed by atoms with E-state index in [1.54, 1.807) is 23.1 Å². The summed E-state index contributed by atoms with van der Waals surface area (Å²) in [6.45, 7) is 6.93. The molecule has 0 radical (unpaired) electrons. The molecule has 0 aromatic carbocycles. The number of hydrogen-bond donors (Lipinski definition) is 1. The van der Waals surface area contributed by atoms with Gasteiger partial charge in [-0.1, -0.05) is 0 Å². The molecule has 12 heteroatoms. The van der Waals surface area contributed by atoms with Crippen LogP contribution in [0.15, 0.2) is 49.1 Å². The molecule has 4 aromatic heterocycles. The van der Waals surface area contributed by atoms with E-state index in [1.807, 2.05) is 37.8 Å². The number of pyridine rings is 1. The Hall–Kier alpha value is -4.35. The quantitative estimate of drug-likeness (QED) is 0.446. The molecule has 0 saturated carbocycles. The number of piperazine rings is 1. The highest BCUT2D eigenvalue weighted by molar-refractivity contribution is 5.70. The molecule has 1 amide bonds. The number of nitrogens with one attached hydrogen (secondary N) is 1. The highest BCUT2D eigenvalue weighted by Crippen LogP contribution is 2.35. The van der Waals surface area contributed by atoms with Gasteiger partial charge in [0.25, 0.3) is 0 Å². The molecule has 0 spiro atoms. The average Bonchev–Trinajstić information content (AvgIpc) is 3.59. The standard InChI is InChI=1S/C25H26FN9O2/c1-25(2,3)37-24(36)34-14-16-9-17(34)13-33(16)21-7-6-20-28-12-19(35(20)32-21)15-10-29-23(30-11-15)31-22-18(26)5-4-8-27-22/h4-8,10-12,16-17H,9,13-14H2,1-3H3,(H,27,29,30,31). The summed E-state index contributed by atoms with van der Waals surface area (Å²) in [6.07, 6.45) is 7.09. The lowest BCUT2D eigenvalue weighted by molar-refractivity contribution is 0.0214. The van der Waals surface area contributed by atoms with E-state index in [1.165, 1.54) is 18.3 Å². The Morgan fingerprint density at radius 2 is 1.86 bits per heavy atom. The summed E-state index contributed by atoms with van der Waals surface area (Å²) >= 11 is 0. The van der Waals surface area contributed by atoms with Gasteiger partial charge >= 0.3 is 6.09 Å². The first-order valence-electron chi connectivity index (χ1n) is 12.1. The SMILES string of the molecule is CC(C)(C)OC(=O)N1CC2CC1CN2c1ccc2ncc(-c3cnc(Nc4ncccc4F)nc3)n2n1. The van der Waals surface area contributed by atoms with Crippen molar-refractivity contribution in [3.05, 3.63) is 54.9 Å². The molecular formula is C25H26FN9O2. The van der Waals surface area contributed by atoms with E-state index in [4.69, 9.17) is 9.84 Å². The number of fused-ring (bicyclic) bond motifs is 3. The van der Waals surface area contributed by atoms with Crippen LogP contribution in [0.3, 0.4) is 0 Å². The van der Waals surface area contributed by atoms with Gasteiger partial charge in [0.15, 0.2) is 17.3 Å². The Labute approximate surface area is 212 Å². The highest BCUT2D eigenvalue weighted by atomic mass is 19.1. The fraction of sp³-hybridized carbons (Fsp3) is 0.360. The number of halogens is 1. The molecule has 2 unspecified atom stereocenters. The zero-order valence-corrected chi connectivity index (χ0v) is 20.7. The third kappa shape index (κ3) is 4.39. The predicted molar refractivity (Wildman–Crippen MR) is 134 cm³/mol. The summed E-state index contributed by atoms with van der Waals surface area (Å²) in [5, 5.41) is 7.64. The van der Waals surface area contributed by atoms with Gasteiger partial charge in [0.1, 0.15) is 11.4 Å². The van der Waals surface area contributed by atoms with Crippen molar-refractivity contribution >= 4 is 29.3 Å². The van der Waals surface area contributed by atoms with Gasteiger partial charge in [-0.15, -0.1) is 5.10 Å². The van der Waals surface area contributed by atoms with E-state index in [0.29, 0.717) is 24.3 Å². The second kappa shape index (κ2) is 8.64. The largest absolute Gasteiger partial charge is 0.444 e. The molecule has 2 aliphatic heterocycles. The van der Waals surface area contributed by atoms with Gasteiger partial charge in [0, 0.05) is 37.2 Å². The van der Waals surface area contributed by atoms with Crippen molar-refractivity contribution in [3.8, 4) is 11.3 Å². The minimum atomic E-state index is -0.518. The first-order chi connectivity index (χ1) is 17.7. The van der Waals surface area contributed by atoms with E-state index in [-0.39, 0.29) is 29.9 Å². The number of imidazole rings is 1. The zero-order valence-electron chi connectivity index (χ0n) is 20.7. The Morgan fingerprint density at radius 1 is 1.05 bits per heavy atom. The average molecular weight is 504 g/mol. The normalized spacial score (nSPS) is 19.0. The van der Waals surface area contributed by atoms with E-state index < -0.39 is 11.4 Å². The van der Waals surface area contributed by atoms with Crippen LogP contribution in [0.2, 0.25) is 0 Å². The third-order valence-corrected chi connectivity index (χ3v) is 6.45. The minimum Gasteiger partial charge on any atom is -0.444 e. The molecule has 6 rings (SSSR count). The van der Waals surface area contributed by atoms with Crippen LogP contribution in [0.5, 0.6) is 0 Å². The Bertz CT molecular complexity index is 1470. The fourth-order valence-corrected chi connectivity index (χ4v) is 4.81. The van der Waals surface area contributed by atoms with Crippen molar-refractivity contribution < 1.29 is 13.9 Å². The number of hydrogen-bond acceptors (Lipinski definition) is 9. The molecule has 4 aromatic rings. The molecule has 2 saturated heterocycles. The second-order valence-electron chi connectivity index (χ2n) is 10.2. The first kappa shape index (κ1) is 23.1. The molecule has 37 heavy (non-hydrogen) atoms. The van der Waals surface area contributed by atoms with Crippen LogP contribution in [0.1, 0.15) is 27.2 Å². The lowest BCUT2D eigenvalue weighted by atomic mass is 10.2. The molecule has 1 N–H and O–H groups in total. The molecule has 2 aliphatic rings. The highest BCUT2D eigenvalue weighted by Gasteiger charge is 2.47. The first-order valence-corrected chi connectivity index (χ1v) is 12.1. The van der Waals surface area contributed by atoms with Crippen LogP contribution in [0.25, 0.3) is 16.9 Å². The number of aromatic nitrogens is 6. The maximum absolute atomic E-state index is 13.9. The van der Waals surface area contributed by atoms with Crippen molar-refractivity contribution in [3.63, 3.8) is 0 Å². The van der Waals surface area contributed by atoms with Gasteiger partial charge in [0.05, 0.1) is 24.0 Å². The third-order valence-electron chi connectivity index (χ3n) is 6.45. The number of carbonyl (C=O) groups is 1. The Balaban J connectivity index is 1.20. The van der Waals surface area contributed by atoms with Crippen molar-refractivity contribution in [2.75, 3.05) is 23.3 Å². The maximum Gasteiger partial charge on any atom is 0.410 e. The van der Waals surface area contributed by atoms with Gasteiger partial charge in [-0.2, -0.15) is 0 Å². The molecule has 2 atom stereocenters. The number of anilines is 3. The molecular weight excluding hydrogens is 477 g/mol. The molecule has 0 aliphatic carbocycles. The molecule has 6 heterocycles. The van der Waals surface area contributed by atoms with Crippen molar-refractivity contribution in [1.29, 1.82) is 0 Å². The smallest absolute Gasteiger partial charge is 0.410 e. The van der Waals surface area contributed by atoms with Crippen molar-refractivity contribution in [2.24, 2.45) is 0 Å². The Morgan fingerprint density at radius 3 is 2.57 bits per heavy atom. The van der Waals surface area contributed by atoms with Gasteiger partial charge in [-0.25, -0.2) is 33.6 Å². The minimum absolute atomic E-state index is 0.0570. The predicted octanol–water partition coefficient (Wildman–Crippen LogP) is 3.66. The number of likely N-dealkylation sites (tertiary alicyclic amines) is 1. The second-order valence-corrected chi connectivity index (χ2v) is 10.2. The van der Waals surface area contributed by atoms with Gasteiger partial charge in [-0.3, -0.25) is 0 Å². The van der Waals surface area contributed by atoms with Gasteiger partial charge < -0.3 is 19.9 Å². The van der Waals surface area contributed by atoms with Crippen LogP contribution >= 0.6 is 0 Å². The summed E-state index contributed by atoms with van der Waals surface area (Å²) in [4.78, 5) is 33.7. The summed E-state index contributed by atoms with van der Waals surface area (Å²) < 4.78 is 21.2. The molecule has 2 bridgehead atoms. The van der Waals surface area contributed by atoms with Gasteiger partial charge in [0.2, 0.25) is 5.95 Å². The zero-order chi connectivity index (χ0) is 25.7. The summed E-state index contributed by atoms with van der Waals surface area (Å²) in [7, 11) is 0. The lowest BCUT2D eigenvalue weighted by Gasteiger charge is -2.35. The molecule has 2 fully saturated rings. The summed E-state index contributed by atoms with van der Waals surface area (Å²) in [5.74, 6) is 0.611. The molecule has 11 nitrogen and oxygen atoms in total. The number of carbonyl (C=O) groups excluding carboxylic acids is 1. The number of amides is 1. The monoisotopic (exact) mass is 503 g/mol. The van der Waals surface area contributed by atoms with E-state index in [9.17, 15) is 9.18 Å². The van der Waals surface area contributed by atoms with Crippen molar-refractivity contribution in [2.45, 2.75) is 44.9 Å². The van der Waals surface area contributed by atoms with Crippen LogP contribution < -0.4 is 10.2 Å². The van der Waals surface area contributed by atoms with E-state index >= 15 is 0 Å². The molecule has 190 valence electrons. The maximum atomic E-state index is 13.9. The van der Waals surface area contributed by atoms with Crippen LogP contribution in [0.4, 0.5) is 26.8 Å².